The first-order valence-electron chi connectivity index (χ1n) is 6.39. The lowest BCUT2D eigenvalue weighted by Gasteiger charge is -2.25. The van der Waals surface area contributed by atoms with Gasteiger partial charge in [0.2, 0.25) is 5.91 Å². The first-order valence-corrected chi connectivity index (χ1v) is 7.21. The van der Waals surface area contributed by atoms with Crippen LogP contribution in [0.2, 0.25) is 0 Å². The van der Waals surface area contributed by atoms with Crippen LogP contribution < -0.4 is 5.32 Å². The summed E-state index contributed by atoms with van der Waals surface area (Å²) in [6.07, 6.45) is 1.35. The minimum atomic E-state index is -0.785. The largest absolute Gasteiger partial charge is 0.385 e. The van der Waals surface area contributed by atoms with E-state index in [1.807, 2.05) is 32.0 Å². The third kappa shape index (κ3) is 2.77. The Morgan fingerprint density at radius 1 is 1.42 bits per heavy atom. The van der Waals surface area contributed by atoms with E-state index in [1.54, 1.807) is 0 Å². The Kier molecular flexibility index (Phi) is 3.87. The van der Waals surface area contributed by atoms with Crippen molar-refractivity contribution in [3.05, 3.63) is 23.8 Å². The molecule has 102 valence electrons. The molecule has 0 fully saturated rings. The molecule has 0 unspecified atom stereocenters. The van der Waals surface area contributed by atoms with E-state index in [9.17, 15) is 9.90 Å². The van der Waals surface area contributed by atoms with Crippen molar-refractivity contribution in [2.24, 2.45) is 0 Å². The van der Waals surface area contributed by atoms with Crippen molar-refractivity contribution < 1.29 is 9.90 Å². The van der Waals surface area contributed by atoms with Crippen molar-refractivity contribution in [3.8, 4) is 0 Å². The highest BCUT2D eigenvalue weighted by Gasteiger charge is 2.25. The van der Waals surface area contributed by atoms with Crippen molar-refractivity contribution in [2.45, 2.75) is 39.2 Å². The summed E-state index contributed by atoms with van der Waals surface area (Å²) in [6.45, 7) is 5.41. The molecule has 2 N–H and O–H groups in total. The highest BCUT2D eigenvalue weighted by Crippen LogP contribution is 2.33. The molecule has 0 aliphatic carbocycles. The van der Waals surface area contributed by atoms with Gasteiger partial charge in [-0.05, 0) is 30.5 Å². The first kappa shape index (κ1) is 14.0. The molecule has 0 radical (unpaired) electrons. The Labute approximate surface area is 116 Å². The second-order valence-corrected chi connectivity index (χ2v) is 5.65. The van der Waals surface area contributed by atoms with Gasteiger partial charge in [-0.3, -0.25) is 4.79 Å². The molecule has 19 heavy (non-hydrogen) atoms. The van der Waals surface area contributed by atoms with Gasteiger partial charge in [-0.2, -0.15) is 0 Å². The Morgan fingerprint density at radius 2 is 2.11 bits per heavy atom. The van der Waals surface area contributed by atoms with Gasteiger partial charge in [-0.15, -0.1) is 0 Å². The monoisotopic (exact) mass is 278 g/mol. The van der Waals surface area contributed by atoms with Crippen LogP contribution in [0.4, 0.5) is 5.13 Å². The van der Waals surface area contributed by atoms with Crippen molar-refractivity contribution in [1.29, 1.82) is 0 Å². The van der Waals surface area contributed by atoms with Crippen LogP contribution in [-0.4, -0.2) is 16.0 Å². The lowest BCUT2D eigenvalue weighted by molar-refractivity contribution is -0.114. The number of carbonyl (C=O) groups excluding carboxylic acids is 1. The van der Waals surface area contributed by atoms with Gasteiger partial charge in [0, 0.05) is 6.92 Å². The maximum atomic E-state index is 11.0. The van der Waals surface area contributed by atoms with Crippen molar-refractivity contribution >= 4 is 32.6 Å². The Hall–Kier alpha value is -1.46. The molecule has 0 bridgehead atoms. The molecule has 0 spiro atoms. The maximum Gasteiger partial charge on any atom is 0.223 e. The molecule has 1 aromatic heterocycles. The summed E-state index contributed by atoms with van der Waals surface area (Å²) in [4.78, 5) is 15.4. The lowest BCUT2D eigenvalue weighted by Crippen LogP contribution is -2.23. The average molecular weight is 278 g/mol. The van der Waals surface area contributed by atoms with E-state index in [4.69, 9.17) is 0 Å². The summed E-state index contributed by atoms with van der Waals surface area (Å²) < 4.78 is 0.974. The fraction of sp³-hybridized carbons (Fsp3) is 0.429. The van der Waals surface area contributed by atoms with Crippen molar-refractivity contribution in [3.63, 3.8) is 0 Å². The lowest BCUT2D eigenvalue weighted by atomic mass is 9.89. The van der Waals surface area contributed by atoms with E-state index in [0.717, 1.165) is 15.8 Å². The van der Waals surface area contributed by atoms with Gasteiger partial charge in [-0.25, -0.2) is 4.98 Å². The zero-order valence-corrected chi connectivity index (χ0v) is 12.2. The quantitative estimate of drug-likeness (QED) is 0.902. The Balaban J connectivity index is 2.43. The number of hydrogen-bond acceptors (Lipinski definition) is 4. The molecule has 0 saturated heterocycles. The second kappa shape index (κ2) is 5.27. The number of benzene rings is 1. The van der Waals surface area contributed by atoms with E-state index in [-0.39, 0.29) is 5.91 Å². The molecule has 2 aromatic rings. The number of nitrogens with zero attached hydrogens (tertiary/aromatic N) is 1. The van der Waals surface area contributed by atoms with Gasteiger partial charge < -0.3 is 10.4 Å². The van der Waals surface area contributed by atoms with Gasteiger partial charge in [0.1, 0.15) is 0 Å². The number of amides is 1. The Morgan fingerprint density at radius 3 is 2.68 bits per heavy atom. The molecule has 0 aliphatic heterocycles. The topological polar surface area (TPSA) is 62.2 Å². The number of aromatic nitrogens is 1. The van der Waals surface area contributed by atoms with Crippen LogP contribution in [0.5, 0.6) is 0 Å². The molecule has 4 nitrogen and oxygen atoms in total. The number of rotatable bonds is 4. The van der Waals surface area contributed by atoms with Crippen LogP contribution in [0, 0.1) is 0 Å². The minimum absolute atomic E-state index is 0.127. The van der Waals surface area contributed by atoms with Crippen LogP contribution in [0.1, 0.15) is 39.2 Å². The number of thiazole rings is 1. The van der Waals surface area contributed by atoms with Gasteiger partial charge in [0.15, 0.2) is 5.13 Å². The van der Waals surface area contributed by atoms with E-state index >= 15 is 0 Å². The predicted molar refractivity (Wildman–Crippen MR) is 78.4 cm³/mol. The minimum Gasteiger partial charge on any atom is -0.385 e. The summed E-state index contributed by atoms with van der Waals surface area (Å²) in [5.41, 5.74) is 0.960. The predicted octanol–water partition coefficient (Wildman–Crippen LogP) is 3.26. The van der Waals surface area contributed by atoms with E-state index in [0.29, 0.717) is 18.0 Å². The molecule has 1 amide bonds. The standard InChI is InChI=1S/C14H18N2O2S/c1-4-14(18,5-2)10-6-7-11-12(8-10)19-13(16-11)15-9(3)17/h6-8,18H,4-5H2,1-3H3,(H,15,16,17). The molecular formula is C14H18N2O2S. The third-order valence-corrected chi connectivity index (χ3v) is 4.31. The average Bonchev–Trinajstić information content (AvgIpc) is 2.77. The number of carbonyl (C=O) groups is 1. The highest BCUT2D eigenvalue weighted by atomic mass is 32.1. The van der Waals surface area contributed by atoms with Gasteiger partial charge >= 0.3 is 0 Å². The number of nitrogens with one attached hydrogen (secondary N) is 1. The summed E-state index contributed by atoms with van der Waals surface area (Å²) in [5, 5.41) is 13.8. The smallest absolute Gasteiger partial charge is 0.223 e. The van der Waals surface area contributed by atoms with Crippen LogP contribution in [-0.2, 0) is 10.4 Å². The molecular weight excluding hydrogens is 260 g/mol. The first-order chi connectivity index (χ1) is 8.98. The molecule has 0 aliphatic rings. The molecule has 1 heterocycles. The van der Waals surface area contributed by atoms with Crippen LogP contribution in [0.15, 0.2) is 18.2 Å². The highest BCUT2D eigenvalue weighted by molar-refractivity contribution is 7.22. The van der Waals surface area contributed by atoms with Crippen LogP contribution in [0.25, 0.3) is 10.2 Å². The fourth-order valence-electron chi connectivity index (χ4n) is 2.08. The van der Waals surface area contributed by atoms with Crippen molar-refractivity contribution in [2.75, 3.05) is 5.32 Å². The summed E-state index contributed by atoms with van der Waals surface area (Å²) in [6, 6.07) is 5.76. The summed E-state index contributed by atoms with van der Waals surface area (Å²) in [5.74, 6) is -0.127. The van der Waals surface area contributed by atoms with E-state index < -0.39 is 5.60 Å². The second-order valence-electron chi connectivity index (χ2n) is 4.62. The molecule has 0 saturated carbocycles. The molecule has 2 rings (SSSR count). The van der Waals surface area contributed by atoms with Gasteiger partial charge in [0.05, 0.1) is 15.8 Å². The maximum absolute atomic E-state index is 11.0. The number of aliphatic hydroxyl groups is 1. The zero-order valence-electron chi connectivity index (χ0n) is 11.4. The van der Waals surface area contributed by atoms with Crippen LogP contribution >= 0.6 is 11.3 Å². The molecule has 5 heteroatoms. The number of fused-ring (bicyclic) bond motifs is 1. The number of hydrogen-bond donors (Lipinski definition) is 2. The van der Waals surface area contributed by atoms with E-state index in [2.05, 4.69) is 10.3 Å². The zero-order chi connectivity index (χ0) is 14.0. The fourth-order valence-corrected chi connectivity index (χ4v) is 3.03. The SMILES string of the molecule is CCC(O)(CC)c1ccc2nc(NC(C)=O)sc2c1. The molecule has 0 atom stereocenters. The van der Waals surface area contributed by atoms with Gasteiger partial charge in [-0.1, -0.05) is 31.3 Å². The summed E-state index contributed by atoms with van der Waals surface area (Å²) in [7, 11) is 0. The van der Waals surface area contributed by atoms with Crippen LogP contribution in [0.3, 0.4) is 0 Å². The molecule has 1 aromatic carbocycles. The number of anilines is 1. The normalized spacial score (nSPS) is 11.8. The third-order valence-electron chi connectivity index (χ3n) is 3.38. The van der Waals surface area contributed by atoms with Crippen molar-refractivity contribution in [1.82, 2.24) is 4.98 Å². The Bertz CT molecular complexity index is 603. The van der Waals surface area contributed by atoms with E-state index in [1.165, 1.54) is 18.3 Å². The summed E-state index contributed by atoms with van der Waals surface area (Å²) >= 11 is 1.42. The van der Waals surface area contributed by atoms with Gasteiger partial charge in [0.25, 0.3) is 0 Å².